The minimum Gasteiger partial charge on any atom is -0.388 e. The van der Waals surface area contributed by atoms with Gasteiger partial charge in [-0.3, -0.25) is 4.52 Å². The smallest absolute Gasteiger partial charge is 0.388 e. The van der Waals surface area contributed by atoms with Crippen LogP contribution in [0.15, 0.2) is 0 Å². The molecule has 0 radical (unpaired) electrons. The molecule has 0 aliphatic rings. The van der Waals surface area contributed by atoms with Crippen LogP contribution in [0.25, 0.3) is 0 Å². The predicted molar refractivity (Wildman–Crippen MR) is 62.4 cm³/mol. The summed E-state index contributed by atoms with van der Waals surface area (Å²) in [4.78, 5) is 48.1. The van der Waals surface area contributed by atoms with Gasteiger partial charge in [0.2, 0.25) is 0 Å². The van der Waals surface area contributed by atoms with Crippen LogP contribution >= 0.6 is 15.6 Å². The van der Waals surface area contributed by atoms with E-state index < -0.39 is 46.7 Å². The largest absolute Gasteiger partial charge is 0.469 e. The van der Waals surface area contributed by atoms with Gasteiger partial charge in [0, 0.05) is 0 Å². The molecule has 0 aromatic heterocycles. The van der Waals surface area contributed by atoms with Crippen molar-refractivity contribution in [3.63, 3.8) is 0 Å². The first-order valence-electron chi connectivity index (χ1n) is 4.85. The number of phosphoric acid groups is 2. The lowest BCUT2D eigenvalue weighted by atomic mass is 10.0. The van der Waals surface area contributed by atoms with Gasteiger partial charge in [0.15, 0.2) is 6.29 Å². The minimum absolute atomic E-state index is 0.0650. The molecule has 0 saturated heterocycles. The van der Waals surface area contributed by atoms with Crippen molar-refractivity contribution < 1.29 is 63.3 Å². The highest BCUT2D eigenvalue weighted by Gasteiger charge is 2.31. The first-order chi connectivity index (χ1) is 9.19. The Bertz CT molecular complexity index is 378. The van der Waals surface area contributed by atoms with Crippen molar-refractivity contribution in [2.75, 3.05) is 6.61 Å². The van der Waals surface area contributed by atoms with Gasteiger partial charge in [0.25, 0.3) is 0 Å². The van der Waals surface area contributed by atoms with Crippen LogP contribution in [0.2, 0.25) is 0 Å². The Kier molecular flexibility index (Phi) is 10.6. The fraction of sp³-hybridized carbons (Fsp3) is 0.833. The second-order valence-corrected chi connectivity index (χ2v) is 5.74. The summed E-state index contributed by atoms with van der Waals surface area (Å²) in [6, 6.07) is 0. The van der Waals surface area contributed by atoms with Gasteiger partial charge >= 0.3 is 15.6 Å². The molecule has 0 rings (SSSR count). The average Bonchev–Trinajstić information content (AvgIpc) is 2.30. The number of aliphatic hydroxyl groups is 4. The second-order valence-electron chi connectivity index (χ2n) is 3.47. The molecule has 0 fully saturated rings. The van der Waals surface area contributed by atoms with E-state index in [9.17, 15) is 9.36 Å². The average molecular weight is 358 g/mol. The van der Waals surface area contributed by atoms with Gasteiger partial charge in [-0.2, -0.15) is 0 Å². The molecule has 0 aliphatic carbocycles. The third-order valence-electron chi connectivity index (χ3n) is 1.65. The molecule has 4 atom stereocenters. The van der Waals surface area contributed by atoms with E-state index in [1.807, 2.05) is 0 Å². The van der Waals surface area contributed by atoms with E-state index >= 15 is 0 Å². The summed E-state index contributed by atoms with van der Waals surface area (Å²) < 4.78 is 23.0. The molecule has 0 amide bonds. The maximum atomic E-state index is 10.2. The first kappa shape index (κ1) is 23.0. The summed E-state index contributed by atoms with van der Waals surface area (Å²) >= 11 is 0. The fourth-order valence-corrected chi connectivity index (χ4v) is 1.13. The number of hydrogen-bond donors (Lipinski definition) is 9. The Morgan fingerprint density at radius 1 is 0.905 bits per heavy atom. The highest BCUT2D eigenvalue weighted by atomic mass is 31.2. The highest BCUT2D eigenvalue weighted by Crippen LogP contribution is 2.35. The Labute approximate surface area is 117 Å². The zero-order valence-corrected chi connectivity index (χ0v) is 11.9. The second kappa shape index (κ2) is 9.69. The quantitative estimate of drug-likeness (QED) is 0.155. The lowest BCUT2D eigenvalue weighted by Crippen LogP contribution is -2.46. The normalized spacial score (nSPS) is 18.0. The number of aliphatic hydroxyl groups excluding tert-OH is 4. The van der Waals surface area contributed by atoms with Crippen LogP contribution in [0.3, 0.4) is 0 Å². The van der Waals surface area contributed by atoms with Gasteiger partial charge in [-0.1, -0.05) is 0 Å². The molecular weight excluding hydrogens is 342 g/mol. The molecule has 0 aromatic rings. The van der Waals surface area contributed by atoms with E-state index in [0.717, 1.165) is 0 Å². The summed E-state index contributed by atoms with van der Waals surface area (Å²) in [6.45, 7) is -0.964. The summed E-state index contributed by atoms with van der Waals surface area (Å²) in [7, 11) is -9.44. The topological polar surface area (TPSA) is 243 Å². The zero-order chi connectivity index (χ0) is 17.4. The van der Waals surface area contributed by atoms with E-state index in [0.29, 0.717) is 0 Å². The van der Waals surface area contributed by atoms with Crippen LogP contribution in [0.1, 0.15) is 0 Å². The molecule has 21 heavy (non-hydrogen) atoms. The molecule has 0 saturated carbocycles. The molecule has 128 valence electrons. The Hall–Kier alpha value is -0.270. The van der Waals surface area contributed by atoms with E-state index in [4.69, 9.17) is 49.5 Å². The first-order valence-corrected chi connectivity index (χ1v) is 7.94. The van der Waals surface area contributed by atoms with E-state index in [2.05, 4.69) is 4.52 Å². The molecule has 0 spiro atoms. The van der Waals surface area contributed by atoms with Crippen molar-refractivity contribution in [1.82, 2.24) is 0 Å². The number of phosphoric ester groups is 1. The summed E-state index contributed by atoms with van der Waals surface area (Å²) in [6.07, 6.45) is -7.80. The van der Waals surface area contributed by atoms with Gasteiger partial charge in [-0.15, -0.1) is 0 Å². The minimum atomic E-state index is -4.80. The molecule has 13 nitrogen and oxygen atoms in total. The van der Waals surface area contributed by atoms with Crippen molar-refractivity contribution in [1.29, 1.82) is 0 Å². The van der Waals surface area contributed by atoms with E-state index in [1.54, 1.807) is 0 Å². The lowest BCUT2D eigenvalue weighted by Gasteiger charge is -2.23. The molecule has 0 aliphatic heterocycles. The third-order valence-corrected chi connectivity index (χ3v) is 2.13. The van der Waals surface area contributed by atoms with Crippen LogP contribution in [0.5, 0.6) is 0 Å². The Balaban J connectivity index is 0. The van der Waals surface area contributed by atoms with Crippen LogP contribution in [-0.2, 0) is 18.4 Å². The molecule has 0 heterocycles. The van der Waals surface area contributed by atoms with Crippen LogP contribution < -0.4 is 0 Å². The van der Waals surface area contributed by atoms with Gasteiger partial charge in [0.1, 0.15) is 24.4 Å². The molecule has 0 unspecified atom stereocenters. The third kappa shape index (κ3) is 15.9. The maximum Gasteiger partial charge on any atom is 0.469 e. The SMILES string of the molecule is O=C[C@H](O)[C@@H](O)[C@H](O)[C@H](O)COP(=O)(O)O.O=P(O)(O)O. The molecule has 9 N–H and O–H groups in total. The monoisotopic (exact) mass is 358 g/mol. The van der Waals surface area contributed by atoms with Gasteiger partial charge in [-0.25, -0.2) is 9.13 Å². The number of carbonyl (C=O) groups is 1. The molecular formula is C6H16O13P2. The van der Waals surface area contributed by atoms with Crippen LogP contribution in [-0.4, -0.2) is 82.2 Å². The maximum absolute atomic E-state index is 10.2. The lowest BCUT2D eigenvalue weighted by molar-refractivity contribution is -0.136. The van der Waals surface area contributed by atoms with Gasteiger partial charge < -0.3 is 49.7 Å². The number of carbonyl (C=O) groups excluding carboxylic acids is 1. The van der Waals surface area contributed by atoms with Crippen molar-refractivity contribution >= 4 is 21.9 Å². The fourth-order valence-electron chi connectivity index (χ4n) is 0.782. The Morgan fingerprint density at radius 3 is 1.57 bits per heavy atom. The van der Waals surface area contributed by atoms with Crippen LogP contribution in [0, 0.1) is 0 Å². The van der Waals surface area contributed by atoms with Crippen LogP contribution in [0.4, 0.5) is 0 Å². The highest BCUT2D eigenvalue weighted by molar-refractivity contribution is 7.46. The van der Waals surface area contributed by atoms with Crippen molar-refractivity contribution in [2.45, 2.75) is 24.4 Å². The summed E-state index contributed by atoms with van der Waals surface area (Å²) in [5, 5.41) is 36.1. The molecule has 0 bridgehead atoms. The molecule has 0 aromatic carbocycles. The van der Waals surface area contributed by atoms with E-state index in [-0.39, 0.29) is 6.29 Å². The summed E-state index contributed by atoms with van der Waals surface area (Å²) in [5.41, 5.74) is 0. The van der Waals surface area contributed by atoms with Crippen molar-refractivity contribution in [3.05, 3.63) is 0 Å². The molecule has 15 heteroatoms. The van der Waals surface area contributed by atoms with Gasteiger partial charge in [-0.05, 0) is 0 Å². The standard InChI is InChI=1S/C6H13O9P.H3O4P/c7-1-3(8)5(10)6(11)4(9)2-15-16(12,13)14;1-5(2,3)4/h1,3-6,8-11H,2H2,(H2,12,13,14);(H3,1,2,3,4)/t3-,4+,5+,6+;/m0./s1. The predicted octanol–water partition coefficient (Wildman–Crippen LogP) is -4.19. The summed E-state index contributed by atoms with van der Waals surface area (Å²) in [5.74, 6) is 0. The van der Waals surface area contributed by atoms with E-state index in [1.165, 1.54) is 0 Å². The van der Waals surface area contributed by atoms with Gasteiger partial charge in [0.05, 0.1) is 6.61 Å². The van der Waals surface area contributed by atoms with Crippen molar-refractivity contribution in [2.24, 2.45) is 0 Å². The van der Waals surface area contributed by atoms with Crippen molar-refractivity contribution in [3.8, 4) is 0 Å². The number of rotatable bonds is 7. The number of hydrogen-bond acceptors (Lipinski definition) is 8. The zero-order valence-electron chi connectivity index (χ0n) is 10.1. The number of aldehydes is 1. The Morgan fingerprint density at radius 2 is 1.29 bits per heavy atom.